The van der Waals surface area contributed by atoms with Crippen LogP contribution in [0.4, 0.5) is 0 Å². The number of rotatable bonds is 2. The van der Waals surface area contributed by atoms with E-state index in [1.165, 1.54) is 4.90 Å². The molecule has 1 N–H and O–H groups in total. The SMILES string of the molecule is C=CC[NH+]1C=CN=C1.[Cl][Fe-]([Cl])([Cl])[Cl]. The number of aliphatic imine (C=N–C) groups is 1. The Kier molecular flexibility index (Phi) is 7.56. The molecule has 0 saturated carbocycles. The van der Waals surface area contributed by atoms with Gasteiger partial charge in [-0.3, -0.25) is 4.90 Å². The summed E-state index contributed by atoms with van der Waals surface area (Å²) < 4.78 is 0. The van der Waals surface area contributed by atoms with Crippen molar-refractivity contribution in [3.63, 3.8) is 0 Å². The van der Waals surface area contributed by atoms with Crippen molar-refractivity contribution in [3.05, 3.63) is 25.1 Å². The van der Waals surface area contributed by atoms with Gasteiger partial charge in [-0.05, 0) is 6.08 Å². The van der Waals surface area contributed by atoms with Gasteiger partial charge in [-0.15, -0.1) is 0 Å². The van der Waals surface area contributed by atoms with Gasteiger partial charge in [0.2, 0.25) is 0 Å². The van der Waals surface area contributed by atoms with E-state index in [0.717, 1.165) is 6.54 Å². The van der Waals surface area contributed by atoms with Crippen molar-refractivity contribution in [2.45, 2.75) is 0 Å². The van der Waals surface area contributed by atoms with Gasteiger partial charge in [0.15, 0.2) is 6.34 Å². The third kappa shape index (κ3) is 12.8. The second-order valence-corrected chi connectivity index (χ2v) is 12.9. The molecule has 0 amide bonds. The Morgan fingerprint density at radius 3 is 2.23 bits per heavy atom. The zero-order chi connectivity index (χ0) is 10.3. The first-order chi connectivity index (χ1) is 5.93. The quantitative estimate of drug-likeness (QED) is 0.596. The number of nitrogens with one attached hydrogen (secondary N) is 1. The fraction of sp³-hybridized carbons (Fsp3) is 0.167. The van der Waals surface area contributed by atoms with Crippen LogP contribution >= 0.6 is 40.4 Å². The summed E-state index contributed by atoms with van der Waals surface area (Å²) in [5.74, 6) is 0. The number of hydrogen-bond acceptors (Lipinski definition) is 1. The van der Waals surface area contributed by atoms with Crippen LogP contribution in [0.1, 0.15) is 0 Å². The van der Waals surface area contributed by atoms with E-state index >= 15 is 0 Å². The first kappa shape index (κ1) is 13.8. The molecule has 13 heavy (non-hydrogen) atoms. The third-order valence-electron chi connectivity index (χ3n) is 0.995. The van der Waals surface area contributed by atoms with Crippen molar-refractivity contribution in [2.24, 2.45) is 4.99 Å². The van der Waals surface area contributed by atoms with Gasteiger partial charge in [0, 0.05) is 0 Å². The molecule has 0 aromatic carbocycles. The first-order valence-electron chi connectivity index (χ1n) is 3.13. The van der Waals surface area contributed by atoms with Gasteiger partial charge in [-0.25, -0.2) is 4.99 Å². The average Bonchev–Trinajstić information content (AvgIpc) is 2.36. The zero-order valence-electron chi connectivity index (χ0n) is 6.54. The fourth-order valence-corrected chi connectivity index (χ4v) is 0.608. The summed E-state index contributed by atoms with van der Waals surface area (Å²) in [7, 11) is 17.2. The molecule has 0 radical (unpaired) electrons. The van der Waals surface area contributed by atoms with Gasteiger partial charge in [-0.2, -0.15) is 0 Å². The van der Waals surface area contributed by atoms with Gasteiger partial charge in [0.1, 0.15) is 12.7 Å². The Morgan fingerprint density at radius 2 is 1.92 bits per heavy atom. The van der Waals surface area contributed by atoms with Crippen LogP contribution in [0.15, 0.2) is 30.0 Å². The van der Waals surface area contributed by atoms with Crippen LogP contribution in [-0.2, 0) is 9.20 Å². The van der Waals surface area contributed by atoms with Crippen LogP contribution in [0, 0.1) is 0 Å². The summed E-state index contributed by atoms with van der Waals surface area (Å²) in [6.45, 7) is 4.54. The third-order valence-corrected chi connectivity index (χ3v) is 0.995. The molecule has 1 rings (SSSR count). The number of nitrogens with zero attached hydrogens (tertiary/aromatic N) is 1. The van der Waals surface area contributed by atoms with Gasteiger partial charge in [0.05, 0.1) is 6.20 Å². The molecule has 0 aliphatic carbocycles. The van der Waals surface area contributed by atoms with E-state index in [9.17, 15) is 0 Å². The minimum atomic E-state index is -2.61. The second kappa shape index (κ2) is 7.13. The zero-order valence-corrected chi connectivity index (χ0v) is 10.7. The molecule has 1 aliphatic rings. The van der Waals surface area contributed by atoms with Crippen LogP contribution in [0.3, 0.4) is 0 Å². The van der Waals surface area contributed by atoms with Crippen molar-refractivity contribution in [3.8, 4) is 0 Å². The number of hydrogen-bond donors (Lipinski definition) is 1. The Hall–Kier alpha value is 0.789. The molecule has 1 unspecified atom stereocenters. The second-order valence-electron chi connectivity index (χ2n) is 1.96. The molecule has 1 heterocycles. The van der Waals surface area contributed by atoms with Crippen LogP contribution in [0.25, 0.3) is 0 Å². The summed E-state index contributed by atoms with van der Waals surface area (Å²) >= 11 is 0. The standard InChI is InChI=1S/C6H8N2.4ClH.Fe/c1-2-4-8-5-3-7-6-8;;;;;/h2-3,5-6H,1,4H2;4*1H;/q;;;;;+3/p-3. The Morgan fingerprint density at radius 1 is 1.38 bits per heavy atom. The minimum absolute atomic E-state index is 0.931. The van der Waals surface area contributed by atoms with Gasteiger partial charge < -0.3 is 0 Å². The monoisotopic (exact) mass is 305 g/mol. The first-order valence-corrected chi connectivity index (χ1v) is 9.21. The molecule has 79 valence electrons. The summed E-state index contributed by atoms with van der Waals surface area (Å²) in [5, 5.41) is 0. The van der Waals surface area contributed by atoms with Crippen molar-refractivity contribution in [1.82, 2.24) is 0 Å². The summed E-state index contributed by atoms with van der Waals surface area (Å²) in [6, 6.07) is 0. The van der Waals surface area contributed by atoms with Crippen molar-refractivity contribution in [1.29, 1.82) is 0 Å². The van der Waals surface area contributed by atoms with Gasteiger partial charge >= 0.3 is 49.6 Å². The molecule has 0 aromatic rings. The molecule has 0 bridgehead atoms. The Balaban J connectivity index is 0.000000252. The van der Waals surface area contributed by atoms with E-state index < -0.39 is 9.20 Å². The molecule has 1 aliphatic heterocycles. The maximum atomic E-state index is 4.95. The molecular weight excluding hydrogens is 298 g/mol. The predicted molar refractivity (Wildman–Crippen MR) is 57.1 cm³/mol. The molecule has 2 nitrogen and oxygen atoms in total. The van der Waals surface area contributed by atoms with E-state index in [1.807, 2.05) is 18.6 Å². The van der Waals surface area contributed by atoms with Crippen molar-refractivity contribution in [2.75, 3.05) is 6.54 Å². The Bertz CT molecular complexity index is 193. The van der Waals surface area contributed by atoms with E-state index in [0.29, 0.717) is 0 Å². The van der Waals surface area contributed by atoms with E-state index in [-0.39, 0.29) is 0 Å². The summed E-state index contributed by atoms with van der Waals surface area (Å²) in [4.78, 5) is 5.13. The Labute approximate surface area is 96.9 Å². The normalized spacial score (nSPS) is 20.8. The molecule has 0 aromatic heterocycles. The molecule has 0 spiro atoms. The van der Waals surface area contributed by atoms with Crippen molar-refractivity contribution >= 4 is 46.7 Å². The van der Waals surface area contributed by atoms with Gasteiger partial charge in [0.25, 0.3) is 0 Å². The molecular formula is C6H9Cl4FeN2. The van der Waals surface area contributed by atoms with Crippen LogP contribution in [-0.4, -0.2) is 12.9 Å². The fourth-order valence-electron chi connectivity index (χ4n) is 0.608. The summed E-state index contributed by atoms with van der Waals surface area (Å²) in [5.41, 5.74) is 0. The molecule has 1 atom stereocenters. The van der Waals surface area contributed by atoms with Gasteiger partial charge in [-0.1, -0.05) is 6.58 Å². The van der Waals surface area contributed by atoms with Crippen LogP contribution in [0.2, 0.25) is 0 Å². The van der Waals surface area contributed by atoms with E-state index in [4.69, 9.17) is 40.4 Å². The topological polar surface area (TPSA) is 16.8 Å². The molecule has 7 heteroatoms. The van der Waals surface area contributed by atoms with Crippen LogP contribution in [0.5, 0.6) is 0 Å². The van der Waals surface area contributed by atoms with E-state index in [1.54, 1.807) is 6.20 Å². The van der Waals surface area contributed by atoms with E-state index in [2.05, 4.69) is 11.6 Å². The number of halogens is 4. The maximum absolute atomic E-state index is 4.95. The number of quaternary nitrogens is 1. The average molecular weight is 307 g/mol. The van der Waals surface area contributed by atoms with Crippen molar-refractivity contribution < 1.29 is 14.1 Å². The van der Waals surface area contributed by atoms with Crippen LogP contribution < -0.4 is 4.90 Å². The molecule has 0 fully saturated rings. The predicted octanol–water partition coefficient (Wildman–Crippen LogP) is 2.33. The molecule has 0 saturated heterocycles. The summed E-state index contributed by atoms with van der Waals surface area (Å²) in [6.07, 6.45) is 7.50.